The first-order valence-electron chi connectivity index (χ1n) is 5.96. The van der Waals surface area contributed by atoms with Crippen molar-refractivity contribution < 1.29 is 14.3 Å². The van der Waals surface area contributed by atoms with E-state index in [1.807, 2.05) is 12.1 Å². The van der Waals surface area contributed by atoms with Gasteiger partial charge in [0.05, 0.1) is 19.8 Å². The Labute approximate surface area is 106 Å². The van der Waals surface area contributed by atoms with Gasteiger partial charge in [0.2, 0.25) is 0 Å². The van der Waals surface area contributed by atoms with Gasteiger partial charge in [0.15, 0.2) is 0 Å². The number of anilines is 1. The fourth-order valence-electron chi connectivity index (χ4n) is 1.98. The second-order valence-electron chi connectivity index (χ2n) is 4.25. The summed E-state index contributed by atoms with van der Waals surface area (Å²) in [5, 5.41) is 0. The quantitative estimate of drug-likeness (QED) is 0.601. The fourth-order valence-corrected chi connectivity index (χ4v) is 1.98. The van der Waals surface area contributed by atoms with Gasteiger partial charge < -0.3 is 20.1 Å². The number of nitrogens with zero attached hydrogens (tertiary/aromatic N) is 1. The van der Waals surface area contributed by atoms with E-state index in [9.17, 15) is 4.79 Å². The van der Waals surface area contributed by atoms with Crippen LogP contribution >= 0.6 is 0 Å². The first-order chi connectivity index (χ1) is 8.72. The predicted molar refractivity (Wildman–Crippen MR) is 68.3 cm³/mol. The zero-order valence-corrected chi connectivity index (χ0v) is 10.5. The average Bonchev–Trinajstić information content (AvgIpc) is 2.67. The molecular formula is C13H18N2O3. The molecule has 5 nitrogen and oxygen atoms in total. The number of carbonyl (C=O) groups is 1. The lowest BCUT2D eigenvalue weighted by Gasteiger charge is -2.15. The number of amides is 1. The van der Waals surface area contributed by atoms with E-state index in [1.54, 1.807) is 18.1 Å². The van der Waals surface area contributed by atoms with E-state index >= 15 is 0 Å². The van der Waals surface area contributed by atoms with Crippen molar-refractivity contribution in [2.75, 3.05) is 39.2 Å². The summed E-state index contributed by atoms with van der Waals surface area (Å²) in [7, 11) is 1.63. The SMILES string of the molecule is COCCOCCN1Cc2ccc(N)cc2C1=O. The molecular weight excluding hydrogens is 232 g/mol. The number of nitrogens with two attached hydrogens (primary N) is 1. The van der Waals surface area contributed by atoms with Crippen molar-refractivity contribution in [3.63, 3.8) is 0 Å². The highest BCUT2D eigenvalue weighted by Gasteiger charge is 2.26. The third kappa shape index (κ3) is 2.80. The lowest BCUT2D eigenvalue weighted by atomic mass is 10.1. The summed E-state index contributed by atoms with van der Waals surface area (Å²) in [6, 6.07) is 5.47. The van der Waals surface area contributed by atoms with E-state index in [1.165, 1.54) is 0 Å². The highest BCUT2D eigenvalue weighted by Crippen LogP contribution is 2.24. The van der Waals surface area contributed by atoms with E-state index in [0.717, 1.165) is 5.56 Å². The van der Waals surface area contributed by atoms with Crippen molar-refractivity contribution >= 4 is 11.6 Å². The maximum atomic E-state index is 12.1. The molecule has 0 spiro atoms. The van der Waals surface area contributed by atoms with Crippen molar-refractivity contribution in [1.82, 2.24) is 4.90 Å². The number of rotatable bonds is 6. The van der Waals surface area contributed by atoms with E-state index in [4.69, 9.17) is 15.2 Å². The molecule has 1 amide bonds. The van der Waals surface area contributed by atoms with Crippen molar-refractivity contribution in [1.29, 1.82) is 0 Å². The highest BCUT2D eigenvalue weighted by molar-refractivity contribution is 5.99. The van der Waals surface area contributed by atoms with Crippen molar-refractivity contribution in [2.45, 2.75) is 6.54 Å². The molecule has 1 aliphatic heterocycles. The minimum absolute atomic E-state index is 0.0349. The van der Waals surface area contributed by atoms with Crippen LogP contribution in [0.5, 0.6) is 0 Å². The van der Waals surface area contributed by atoms with E-state index in [2.05, 4.69) is 0 Å². The molecule has 1 heterocycles. The van der Waals surface area contributed by atoms with Crippen LogP contribution in [0.1, 0.15) is 15.9 Å². The molecule has 0 saturated carbocycles. The van der Waals surface area contributed by atoms with Crippen LogP contribution in [0.25, 0.3) is 0 Å². The molecule has 98 valence electrons. The lowest BCUT2D eigenvalue weighted by Crippen LogP contribution is -2.28. The number of nitrogen functional groups attached to an aromatic ring is 1. The van der Waals surface area contributed by atoms with Gasteiger partial charge >= 0.3 is 0 Å². The van der Waals surface area contributed by atoms with Gasteiger partial charge in [-0.25, -0.2) is 0 Å². The van der Waals surface area contributed by atoms with Crippen molar-refractivity contribution in [3.05, 3.63) is 29.3 Å². The van der Waals surface area contributed by atoms with Crippen LogP contribution in [-0.2, 0) is 16.0 Å². The second kappa shape index (κ2) is 5.84. The molecule has 0 unspecified atom stereocenters. The number of fused-ring (bicyclic) bond motifs is 1. The molecule has 0 radical (unpaired) electrons. The normalized spacial score (nSPS) is 14.1. The van der Waals surface area contributed by atoms with Gasteiger partial charge in [0, 0.05) is 31.5 Å². The molecule has 0 saturated heterocycles. The summed E-state index contributed by atoms with van der Waals surface area (Å²) in [4.78, 5) is 13.8. The number of hydrogen-bond acceptors (Lipinski definition) is 4. The molecule has 1 aromatic rings. The number of hydrogen-bond donors (Lipinski definition) is 1. The highest BCUT2D eigenvalue weighted by atomic mass is 16.5. The number of carbonyl (C=O) groups excluding carboxylic acids is 1. The van der Waals surface area contributed by atoms with Crippen molar-refractivity contribution in [3.8, 4) is 0 Å². The molecule has 18 heavy (non-hydrogen) atoms. The molecule has 0 bridgehead atoms. The van der Waals surface area contributed by atoms with Gasteiger partial charge in [-0.15, -0.1) is 0 Å². The minimum atomic E-state index is 0.0349. The van der Waals surface area contributed by atoms with Crippen LogP contribution in [0.4, 0.5) is 5.69 Å². The number of methoxy groups -OCH3 is 1. The lowest BCUT2D eigenvalue weighted by molar-refractivity contribution is 0.0502. The molecule has 0 aliphatic carbocycles. The average molecular weight is 250 g/mol. The number of ether oxygens (including phenoxy) is 2. The molecule has 0 fully saturated rings. The minimum Gasteiger partial charge on any atom is -0.399 e. The fraction of sp³-hybridized carbons (Fsp3) is 0.462. The summed E-state index contributed by atoms with van der Waals surface area (Å²) in [6.07, 6.45) is 0. The molecule has 0 aromatic heterocycles. The Morgan fingerprint density at radius 1 is 1.33 bits per heavy atom. The Hall–Kier alpha value is -1.59. The van der Waals surface area contributed by atoms with Gasteiger partial charge in [-0.1, -0.05) is 6.07 Å². The topological polar surface area (TPSA) is 64.8 Å². The number of benzene rings is 1. The van der Waals surface area contributed by atoms with Crippen LogP contribution < -0.4 is 5.73 Å². The summed E-state index contributed by atoms with van der Waals surface area (Å²) in [6.45, 7) is 2.89. The Morgan fingerprint density at radius 3 is 2.94 bits per heavy atom. The Morgan fingerprint density at radius 2 is 2.17 bits per heavy atom. The van der Waals surface area contributed by atoms with Crippen LogP contribution in [0, 0.1) is 0 Å². The van der Waals surface area contributed by atoms with Crippen LogP contribution in [0.2, 0.25) is 0 Å². The van der Waals surface area contributed by atoms with Gasteiger partial charge in [-0.3, -0.25) is 4.79 Å². The van der Waals surface area contributed by atoms with E-state index in [-0.39, 0.29) is 5.91 Å². The molecule has 5 heteroatoms. The van der Waals surface area contributed by atoms with Crippen LogP contribution in [0.15, 0.2) is 18.2 Å². The first-order valence-corrected chi connectivity index (χ1v) is 5.96. The first kappa shape index (κ1) is 12.9. The largest absolute Gasteiger partial charge is 0.399 e. The smallest absolute Gasteiger partial charge is 0.254 e. The second-order valence-corrected chi connectivity index (χ2v) is 4.25. The standard InChI is InChI=1S/C13H18N2O3/c1-17-6-7-18-5-4-15-9-10-2-3-11(14)8-12(10)13(15)16/h2-3,8H,4-7,9,14H2,1H3. The predicted octanol–water partition coefficient (Wildman–Crippen LogP) is 0.888. The summed E-state index contributed by atoms with van der Waals surface area (Å²) < 4.78 is 10.2. The molecule has 2 N–H and O–H groups in total. The molecule has 1 aromatic carbocycles. The molecule has 1 aliphatic rings. The van der Waals surface area contributed by atoms with Gasteiger partial charge in [0.25, 0.3) is 5.91 Å². The van der Waals surface area contributed by atoms with Crippen LogP contribution in [-0.4, -0.2) is 44.3 Å². The third-order valence-electron chi connectivity index (χ3n) is 2.95. The third-order valence-corrected chi connectivity index (χ3v) is 2.95. The monoisotopic (exact) mass is 250 g/mol. The zero-order valence-electron chi connectivity index (χ0n) is 10.5. The zero-order chi connectivity index (χ0) is 13.0. The van der Waals surface area contributed by atoms with Gasteiger partial charge in [0.1, 0.15) is 0 Å². The molecule has 2 rings (SSSR count). The Bertz CT molecular complexity index is 434. The summed E-state index contributed by atoms with van der Waals surface area (Å²) >= 11 is 0. The summed E-state index contributed by atoms with van der Waals surface area (Å²) in [5.41, 5.74) is 8.06. The van der Waals surface area contributed by atoms with E-state index in [0.29, 0.717) is 44.2 Å². The van der Waals surface area contributed by atoms with Crippen LogP contribution in [0.3, 0.4) is 0 Å². The Balaban J connectivity index is 1.85. The van der Waals surface area contributed by atoms with Crippen molar-refractivity contribution in [2.24, 2.45) is 0 Å². The maximum absolute atomic E-state index is 12.1. The maximum Gasteiger partial charge on any atom is 0.254 e. The Kier molecular flexibility index (Phi) is 4.17. The summed E-state index contributed by atoms with van der Waals surface area (Å²) in [5.74, 6) is 0.0349. The van der Waals surface area contributed by atoms with E-state index < -0.39 is 0 Å². The van der Waals surface area contributed by atoms with Gasteiger partial charge in [-0.05, 0) is 17.7 Å². The molecule has 0 atom stereocenters. The van der Waals surface area contributed by atoms with Gasteiger partial charge in [-0.2, -0.15) is 0 Å².